The second-order valence-electron chi connectivity index (χ2n) is 6.95. The van der Waals surface area contributed by atoms with Gasteiger partial charge in [-0.15, -0.1) is 0 Å². The molecule has 2 atom stereocenters. The molecule has 1 aliphatic heterocycles. The first kappa shape index (κ1) is 16.3. The van der Waals surface area contributed by atoms with E-state index in [0.29, 0.717) is 24.9 Å². The molecule has 1 aliphatic carbocycles. The summed E-state index contributed by atoms with van der Waals surface area (Å²) in [6.45, 7) is 7.42. The van der Waals surface area contributed by atoms with E-state index < -0.39 is 0 Å². The van der Waals surface area contributed by atoms with Crippen molar-refractivity contribution in [1.29, 1.82) is 0 Å². The second kappa shape index (κ2) is 7.28. The Kier molecular flexibility index (Phi) is 5.65. The largest absolute Gasteiger partial charge is 0.462 e. The van der Waals surface area contributed by atoms with Gasteiger partial charge in [-0.25, -0.2) is 0 Å². The Morgan fingerprint density at radius 1 is 1.05 bits per heavy atom. The number of ether oxygens (including phenoxy) is 1. The lowest BCUT2D eigenvalue weighted by Gasteiger charge is -2.36. The van der Waals surface area contributed by atoms with Gasteiger partial charge in [0.05, 0.1) is 5.92 Å². The molecule has 0 aromatic rings. The molecule has 0 radical (unpaired) electrons. The van der Waals surface area contributed by atoms with Gasteiger partial charge < -0.3 is 9.64 Å². The molecule has 0 aromatic heterocycles. The summed E-state index contributed by atoms with van der Waals surface area (Å²) < 4.78 is 5.86. The molecule has 21 heavy (non-hydrogen) atoms. The smallest absolute Gasteiger partial charge is 0.309 e. The summed E-state index contributed by atoms with van der Waals surface area (Å²) in [6.07, 6.45) is 6.23. The first-order chi connectivity index (χ1) is 9.99. The molecule has 4 heteroatoms. The number of hydrogen-bond acceptors (Lipinski definition) is 3. The van der Waals surface area contributed by atoms with Gasteiger partial charge in [-0.1, -0.05) is 20.3 Å². The lowest BCUT2D eigenvalue weighted by atomic mass is 9.79. The highest BCUT2D eigenvalue weighted by Crippen LogP contribution is 2.33. The average Bonchev–Trinajstić information content (AvgIpc) is 2.47. The fourth-order valence-corrected chi connectivity index (χ4v) is 3.71. The van der Waals surface area contributed by atoms with E-state index in [1.807, 2.05) is 4.90 Å². The summed E-state index contributed by atoms with van der Waals surface area (Å²) in [4.78, 5) is 25.5. The molecule has 2 rings (SSSR count). The van der Waals surface area contributed by atoms with Crippen LogP contribution in [0, 0.1) is 17.8 Å². The Balaban J connectivity index is 1.85. The predicted octanol–water partition coefficient (Wildman–Crippen LogP) is 3.00. The van der Waals surface area contributed by atoms with Crippen LogP contribution >= 0.6 is 0 Å². The number of carbonyl (C=O) groups is 2. The molecular weight excluding hydrogens is 266 g/mol. The normalized spacial score (nSPS) is 27.7. The molecule has 2 fully saturated rings. The number of rotatable bonds is 3. The van der Waals surface area contributed by atoms with Crippen LogP contribution in [0.4, 0.5) is 0 Å². The van der Waals surface area contributed by atoms with Crippen LogP contribution in [0.5, 0.6) is 0 Å². The first-order valence-electron chi connectivity index (χ1n) is 8.45. The minimum atomic E-state index is -0.0317. The molecule has 1 heterocycles. The fourth-order valence-electron chi connectivity index (χ4n) is 3.71. The van der Waals surface area contributed by atoms with Crippen molar-refractivity contribution in [2.45, 2.75) is 65.4 Å². The number of carbonyl (C=O) groups excluding carboxylic acids is 2. The summed E-state index contributed by atoms with van der Waals surface area (Å²) in [6, 6.07) is 0. The van der Waals surface area contributed by atoms with Crippen LogP contribution in [-0.4, -0.2) is 36.0 Å². The molecule has 1 saturated carbocycles. The maximum Gasteiger partial charge on any atom is 0.309 e. The van der Waals surface area contributed by atoms with Gasteiger partial charge in [0.1, 0.15) is 6.10 Å². The maximum atomic E-state index is 12.4. The second-order valence-corrected chi connectivity index (χ2v) is 6.95. The van der Waals surface area contributed by atoms with Gasteiger partial charge in [0.2, 0.25) is 5.91 Å². The van der Waals surface area contributed by atoms with E-state index in [0.717, 1.165) is 19.3 Å². The summed E-state index contributed by atoms with van der Waals surface area (Å²) in [5, 5.41) is 0. The van der Waals surface area contributed by atoms with Crippen molar-refractivity contribution in [3.8, 4) is 0 Å². The number of hydrogen-bond donors (Lipinski definition) is 0. The van der Waals surface area contributed by atoms with Gasteiger partial charge in [-0.05, 0) is 43.9 Å². The molecule has 1 saturated heterocycles. The number of piperidine rings is 1. The van der Waals surface area contributed by atoms with Crippen LogP contribution in [0.15, 0.2) is 0 Å². The van der Waals surface area contributed by atoms with Gasteiger partial charge in [-0.3, -0.25) is 9.59 Å². The van der Waals surface area contributed by atoms with Gasteiger partial charge in [0.25, 0.3) is 0 Å². The van der Waals surface area contributed by atoms with E-state index in [9.17, 15) is 9.59 Å². The number of likely N-dealkylation sites (tertiary alicyclic amines) is 1. The lowest BCUT2D eigenvalue weighted by Crippen LogP contribution is -2.41. The summed E-state index contributed by atoms with van der Waals surface area (Å²) >= 11 is 0. The Bertz CT molecular complexity index is 372. The highest BCUT2D eigenvalue weighted by atomic mass is 16.5. The SMILES string of the molecule is CC(=O)N1CCC(C(=O)OC2CCCCC2C(C)C)CC1. The third-order valence-electron chi connectivity index (χ3n) is 5.15. The highest BCUT2D eigenvalue weighted by molar-refractivity contribution is 5.75. The Morgan fingerprint density at radius 3 is 2.24 bits per heavy atom. The van der Waals surface area contributed by atoms with Crippen molar-refractivity contribution < 1.29 is 14.3 Å². The third kappa shape index (κ3) is 4.21. The number of amides is 1. The van der Waals surface area contributed by atoms with Crippen LogP contribution in [0.25, 0.3) is 0 Å². The average molecular weight is 295 g/mol. The van der Waals surface area contributed by atoms with Crippen LogP contribution in [0.1, 0.15) is 59.3 Å². The van der Waals surface area contributed by atoms with E-state index >= 15 is 0 Å². The van der Waals surface area contributed by atoms with Crippen molar-refractivity contribution in [2.75, 3.05) is 13.1 Å². The molecule has 0 aromatic carbocycles. The molecular formula is C17H29NO3. The topological polar surface area (TPSA) is 46.6 Å². The lowest BCUT2D eigenvalue weighted by molar-refractivity contribution is -0.162. The molecule has 120 valence electrons. The van der Waals surface area contributed by atoms with Crippen LogP contribution in [0.3, 0.4) is 0 Å². The van der Waals surface area contributed by atoms with Crippen molar-refractivity contribution in [2.24, 2.45) is 17.8 Å². The van der Waals surface area contributed by atoms with E-state index in [-0.39, 0.29) is 23.9 Å². The predicted molar refractivity (Wildman–Crippen MR) is 81.7 cm³/mol. The standard InChI is InChI=1S/C17H29NO3/c1-12(2)15-6-4-5-7-16(15)21-17(20)14-8-10-18(11-9-14)13(3)19/h12,14-16H,4-11H2,1-3H3. The Morgan fingerprint density at radius 2 is 1.67 bits per heavy atom. The quantitative estimate of drug-likeness (QED) is 0.752. The summed E-state index contributed by atoms with van der Waals surface area (Å²) in [7, 11) is 0. The molecule has 0 bridgehead atoms. The Hall–Kier alpha value is -1.06. The van der Waals surface area contributed by atoms with Crippen molar-refractivity contribution in [3.05, 3.63) is 0 Å². The highest BCUT2D eigenvalue weighted by Gasteiger charge is 2.33. The zero-order chi connectivity index (χ0) is 15.4. The van der Waals surface area contributed by atoms with Crippen molar-refractivity contribution in [1.82, 2.24) is 4.90 Å². The molecule has 4 nitrogen and oxygen atoms in total. The van der Waals surface area contributed by atoms with Crippen molar-refractivity contribution in [3.63, 3.8) is 0 Å². The van der Waals surface area contributed by atoms with E-state index in [4.69, 9.17) is 4.74 Å². The molecule has 2 aliphatic rings. The van der Waals surface area contributed by atoms with E-state index in [2.05, 4.69) is 13.8 Å². The van der Waals surface area contributed by atoms with Crippen LogP contribution in [-0.2, 0) is 14.3 Å². The molecule has 0 N–H and O–H groups in total. The molecule has 2 unspecified atom stereocenters. The summed E-state index contributed by atoms with van der Waals surface area (Å²) in [5.41, 5.74) is 0. The monoisotopic (exact) mass is 295 g/mol. The van der Waals surface area contributed by atoms with E-state index in [1.54, 1.807) is 6.92 Å². The number of nitrogens with zero attached hydrogens (tertiary/aromatic N) is 1. The minimum absolute atomic E-state index is 0.0182. The zero-order valence-electron chi connectivity index (χ0n) is 13.6. The van der Waals surface area contributed by atoms with Crippen LogP contribution < -0.4 is 0 Å². The van der Waals surface area contributed by atoms with Gasteiger partial charge >= 0.3 is 5.97 Å². The summed E-state index contributed by atoms with van der Waals surface area (Å²) in [5.74, 6) is 1.14. The third-order valence-corrected chi connectivity index (χ3v) is 5.15. The van der Waals surface area contributed by atoms with Gasteiger partial charge in [0.15, 0.2) is 0 Å². The maximum absolute atomic E-state index is 12.4. The van der Waals surface area contributed by atoms with Gasteiger partial charge in [0, 0.05) is 20.0 Å². The van der Waals surface area contributed by atoms with E-state index in [1.165, 1.54) is 19.3 Å². The zero-order valence-corrected chi connectivity index (χ0v) is 13.6. The molecule has 0 spiro atoms. The minimum Gasteiger partial charge on any atom is -0.462 e. The number of esters is 1. The first-order valence-corrected chi connectivity index (χ1v) is 8.45. The van der Waals surface area contributed by atoms with Crippen LogP contribution in [0.2, 0.25) is 0 Å². The fraction of sp³-hybridized carbons (Fsp3) is 0.882. The molecule has 1 amide bonds. The van der Waals surface area contributed by atoms with Crippen molar-refractivity contribution >= 4 is 11.9 Å². The Labute approximate surface area is 128 Å². The van der Waals surface area contributed by atoms with Gasteiger partial charge in [-0.2, -0.15) is 0 Å².